The minimum atomic E-state index is 0.270. The zero-order chi connectivity index (χ0) is 33.7. The van der Waals surface area contributed by atoms with Gasteiger partial charge in [-0.25, -0.2) is 0 Å². The number of nitrogens with zero attached hydrogens (tertiary/aromatic N) is 3. The number of fused-ring (bicyclic) bond motifs is 6. The van der Waals surface area contributed by atoms with Gasteiger partial charge >= 0.3 is 0 Å². The van der Waals surface area contributed by atoms with E-state index in [0.29, 0.717) is 0 Å². The molecule has 5 aromatic carbocycles. The average molecular weight is 658 g/mol. The summed E-state index contributed by atoms with van der Waals surface area (Å²) >= 11 is 0. The van der Waals surface area contributed by atoms with Crippen molar-refractivity contribution in [3.63, 3.8) is 0 Å². The quantitative estimate of drug-likeness (QED) is 0.177. The van der Waals surface area contributed by atoms with Gasteiger partial charge in [-0.15, -0.1) is 0 Å². The molecule has 6 aromatic rings. The van der Waals surface area contributed by atoms with E-state index in [4.69, 9.17) is 0 Å². The van der Waals surface area contributed by atoms with Crippen molar-refractivity contribution in [3.8, 4) is 5.69 Å². The van der Waals surface area contributed by atoms with E-state index in [1.165, 1.54) is 78.2 Å². The second kappa shape index (κ2) is 12.4. The topological polar surface area (TPSA) is 11.4 Å². The van der Waals surface area contributed by atoms with E-state index in [0.717, 1.165) is 32.1 Å². The summed E-state index contributed by atoms with van der Waals surface area (Å²) in [5, 5.41) is 2.57. The minimum absolute atomic E-state index is 0.270. The Morgan fingerprint density at radius 2 is 1.29 bits per heavy atom. The lowest BCUT2D eigenvalue weighted by atomic mass is 9.89. The molecule has 246 valence electrons. The number of rotatable bonds is 6. The van der Waals surface area contributed by atoms with Gasteiger partial charge in [-0.2, -0.15) is 0 Å². The van der Waals surface area contributed by atoms with Crippen molar-refractivity contribution >= 4 is 44.4 Å². The van der Waals surface area contributed by atoms with E-state index in [1.807, 2.05) is 0 Å². The van der Waals surface area contributed by atoms with Crippen molar-refractivity contribution in [1.82, 2.24) is 4.57 Å². The maximum atomic E-state index is 2.53. The van der Waals surface area contributed by atoms with Gasteiger partial charge in [0.05, 0.1) is 17.1 Å². The SMILES string of the molecule is C1=CCCC(C2=CC=C(N(C3=CCC4C(=C3)c3ccccc3N4c3ccccc3)c3ccc(-n4c5ccccc5c5ccccc54)cc3)CC2)=C1. The molecule has 1 atom stereocenters. The lowest BCUT2D eigenvalue weighted by molar-refractivity contribution is 0.806. The maximum absolute atomic E-state index is 2.53. The van der Waals surface area contributed by atoms with Gasteiger partial charge in [-0.3, -0.25) is 0 Å². The molecule has 0 spiro atoms. The normalized spacial score (nSPS) is 18.1. The van der Waals surface area contributed by atoms with Gasteiger partial charge in [-0.1, -0.05) is 103 Å². The Bertz CT molecular complexity index is 2450. The highest BCUT2D eigenvalue weighted by Gasteiger charge is 2.36. The number of para-hydroxylation sites is 4. The molecule has 51 heavy (non-hydrogen) atoms. The van der Waals surface area contributed by atoms with E-state index in [1.54, 1.807) is 0 Å². The highest BCUT2D eigenvalue weighted by Crippen LogP contribution is 2.49. The van der Waals surface area contributed by atoms with E-state index >= 15 is 0 Å². The number of allylic oxidation sites excluding steroid dienone is 9. The summed E-state index contributed by atoms with van der Waals surface area (Å²) in [5.74, 6) is 0. The van der Waals surface area contributed by atoms with E-state index in [9.17, 15) is 0 Å². The van der Waals surface area contributed by atoms with Gasteiger partial charge in [0.2, 0.25) is 0 Å². The lowest BCUT2D eigenvalue weighted by Gasteiger charge is -2.35. The Morgan fingerprint density at radius 3 is 2.02 bits per heavy atom. The fourth-order valence-corrected chi connectivity index (χ4v) is 8.72. The number of anilines is 3. The first-order valence-electron chi connectivity index (χ1n) is 18.3. The molecule has 3 nitrogen and oxygen atoms in total. The molecule has 0 amide bonds. The summed E-state index contributed by atoms with van der Waals surface area (Å²) in [6.45, 7) is 0. The number of hydrogen-bond acceptors (Lipinski definition) is 2. The second-order valence-corrected chi connectivity index (χ2v) is 13.9. The van der Waals surface area contributed by atoms with Crippen LogP contribution in [-0.2, 0) is 0 Å². The molecule has 3 heteroatoms. The third-order valence-electron chi connectivity index (χ3n) is 11.1. The van der Waals surface area contributed by atoms with Crippen molar-refractivity contribution in [2.45, 2.75) is 38.1 Å². The summed E-state index contributed by atoms with van der Waals surface area (Å²) < 4.78 is 2.40. The summed E-state index contributed by atoms with van der Waals surface area (Å²) in [4.78, 5) is 5.05. The molecule has 0 saturated carbocycles. The number of benzene rings is 5. The Hall–Kier alpha value is -6.06. The first-order chi connectivity index (χ1) is 25.3. The van der Waals surface area contributed by atoms with Crippen molar-refractivity contribution in [2.24, 2.45) is 0 Å². The zero-order valence-electron chi connectivity index (χ0n) is 28.6. The van der Waals surface area contributed by atoms with Crippen LogP contribution in [0.1, 0.15) is 37.7 Å². The van der Waals surface area contributed by atoms with Gasteiger partial charge in [0.25, 0.3) is 0 Å². The molecular formula is C48H39N3. The van der Waals surface area contributed by atoms with Crippen molar-refractivity contribution in [3.05, 3.63) is 198 Å². The monoisotopic (exact) mass is 657 g/mol. The van der Waals surface area contributed by atoms with E-state index in [2.05, 4.69) is 184 Å². The Morgan fingerprint density at radius 1 is 0.588 bits per heavy atom. The molecule has 1 aliphatic heterocycles. The fourth-order valence-electron chi connectivity index (χ4n) is 8.72. The van der Waals surface area contributed by atoms with Crippen molar-refractivity contribution in [1.29, 1.82) is 0 Å². The summed E-state index contributed by atoms with van der Waals surface area (Å²) in [7, 11) is 0. The van der Waals surface area contributed by atoms with Gasteiger partial charge in [-0.05, 0) is 116 Å². The first kappa shape index (κ1) is 29.8. The predicted molar refractivity (Wildman–Crippen MR) is 215 cm³/mol. The Kier molecular flexibility index (Phi) is 7.23. The lowest BCUT2D eigenvalue weighted by Crippen LogP contribution is -2.30. The molecule has 1 unspecified atom stereocenters. The largest absolute Gasteiger partial charge is 0.333 e. The van der Waals surface area contributed by atoms with Crippen LogP contribution in [0, 0.1) is 0 Å². The molecule has 0 saturated heterocycles. The molecule has 0 N–H and O–H groups in total. The van der Waals surface area contributed by atoms with Crippen LogP contribution in [0.15, 0.2) is 192 Å². The van der Waals surface area contributed by atoms with Gasteiger partial charge in [0.1, 0.15) is 0 Å². The van der Waals surface area contributed by atoms with E-state index in [-0.39, 0.29) is 6.04 Å². The molecule has 1 aromatic heterocycles. The van der Waals surface area contributed by atoms with Crippen LogP contribution in [-0.4, -0.2) is 10.6 Å². The van der Waals surface area contributed by atoms with Crippen molar-refractivity contribution in [2.75, 3.05) is 9.80 Å². The smallest absolute Gasteiger partial charge is 0.0634 e. The molecule has 4 aliphatic rings. The van der Waals surface area contributed by atoms with Crippen LogP contribution in [0.5, 0.6) is 0 Å². The van der Waals surface area contributed by atoms with Crippen LogP contribution in [0.25, 0.3) is 33.1 Å². The molecular weight excluding hydrogens is 619 g/mol. The molecule has 0 fully saturated rings. The molecule has 10 rings (SSSR count). The van der Waals surface area contributed by atoms with Crippen LogP contribution in [0.3, 0.4) is 0 Å². The maximum Gasteiger partial charge on any atom is 0.0634 e. The van der Waals surface area contributed by atoms with Crippen LogP contribution in [0.4, 0.5) is 17.1 Å². The van der Waals surface area contributed by atoms with Crippen LogP contribution >= 0.6 is 0 Å². The predicted octanol–water partition coefficient (Wildman–Crippen LogP) is 12.4. The Balaban J connectivity index is 1.08. The van der Waals surface area contributed by atoms with Crippen molar-refractivity contribution < 1.29 is 0 Å². The standard InChI is InChI=1S/C48H39N3/c1-3-13-34(14-4-1)35-23-25-37(26-24-35)49(38-27-29-39(30-28-38)51-45-20-10-7-17-41(45)42-18-8-11-21-46(42)51)40-31-32-48-44(33-40)43-19-9-12-22-47(43)50(48)36-15-5-2-6-16-36/h1-3,5-13,15-23,25,27-31,33,48H,4,14,24,26,32H2. The van der Waals surface area contributed by atoms with Gasteiger partial charge in [0.15, 0.2) is 0 Å². The first-order valence-corrected chi connectivity index (χ1v) is 18.3. The minimum Gasteiger partial charge on any atom is -0.333 e. The third kappa shape index (κ3) is 5.03. The average Bonchev–Trinajstić information content (AvgIpc) is 3.72. The molecule has 3 aliphatic carbocycles. The summed E-state index contributed by atoms with van der Waals surface area (Å²) in [6, 6.07) is 46.8. The zero-order valence-corrected chi connectivity index (χ0v) is 28.6. The third-order valence-corrected chi connectivity index (χ3v) is 11.1. The second-order valence-electron chi connectivity index (χ2n) is 13.9. The highest BCUT2D eigenvalue weighted by molar-refractivity contribution is 6.09. The van der Waals surface area contributed by atoms with Gasteiger partial charge in [0, 0.05) is 50.5 Å². The van der Waals surface area contributed by atoms with Gasteiger partial charge < -0.3 is 14.4 Å². The summed E-state index contributed by atoms with van der Waals surface area (Å²) in [5.41, 5.74) is 15.6. The molecule has 0 radical (unpaired) electrons. The molecule has 0 bridgehead atoms. The fraction of sp³-hybridized carbons (Fsp3) is 0.125. The molecule has 2 heterocycles. The van der Waals surface area contributed by atoms with Crippen LogP contribution < -0.4 is 9.80 Å². The highest BCUT2D eigenvalue weighted by atomic mass is 15.2. The van der Waals surface area contributed by atoms with E-state index < -0.39 is 0 Å². The summed E-state index contributed by atoms with van der Waals surface area (Å²) in [6.07, 6.45) is 21.7. The number of aromatic nitrogens is 1. The Labute approximate surface area is 299 Å². The van der Waals surface area contributed by atoms with Crippen LogP contribution in [0.2, 0.25) is 0 Å². The number of hydrogen-bond donors (Lipinski definition) is 0.